The molecule has 2 fully saturated rings. The molecule has 1 atom stereocenters. The van der Waals surface area contributed by atoms with Crippen LogP contribution in [0.15, 0.2) is 45.8 Å². The molecule has 9 heteroatoms. The molecular weight excluding hydrogens is 524 g/mol. The van der Waals surface area contributed by atoms with Crippen molar-refractivity contribution in [2.24, 2.45) is 4.99 Å². The lowest BCUT2D eigenvalue weighted by Gasteiger charge is -2.38. The Kier molecular flexibility index (Phi) is 9.18. The molecule has 0 saturated carbocycles. The zero-order chi connectivity index (χ0) is 21.6. The van der Waals surface area contributed by atoms with E-state index in [9.17, 15) is 4.39 Å². The number of morpholine rings is 1. The fraction of sp³-hybridized carbons (Fsp3) is 0.522. The van der Waals surface area contributed by atoms with Crippen molar-refractivity contribution in [2.75, 3.05) is 71.0 Å². The van der Waals surface area contributed by atoms with Gasteiger partial charge >= 0.3 is 0 Å². The Morgan fingerprint density at radius 2 is 1.72 bits per heavy atom. The number of anilines is 1. The number of benzene rings is 1. The first-order valence-electron chi connectivity index (χ1n) is 11.0. The summed E-state index contributed by atoms with van der Waals surface area (Å²) < 4.78 is 24.7. The van der Waals surface area contributed by atoms with Crippen molar-refractivity contribution in [3.05, 3.63) is 53.7 Å². The van der Waals surface area contributed by atoms with E-state index in [-0.39, 0.29) is 35.8 Å². The first-order chi connectivity index (χ1) is 15.1. The van der Waals surface area contributed by atoms with Crippen molar-refractivity contribution in [1.29, 1.82) is 0 Å². The van der Waals surface area contributed by atoms with Crippen molar-refractivity contribution >= 4 is 35.6 Å². The van der Waals surface area contributed by atoms with Gasteiger partial charge in [0.2, 0.25) is 0 Å². The highest BCUT2D eigenvalue weighted by molar-refractivity contribution is 14.0. The van der Waals surface area contributed by atoms with Crippen LogP contribution < -0.4 is 10.2 Å². The second kappa shape index (κ2) is 11.9. The monoisotopic (exact) mass is 557 g/mol. The number of halogens is 2. The maximum Gasteiger partial charge on any atom is 0.193 e. The summed E-state index contributed by atoms with van der Waals surface area (Å²) in [6.45, 7) is 9.44. The maximum absolute atomic E-state index is 13.2. The van der Waals surface area contributed by atoms with Gasteiger partial charge in [0.15, 0.2) is 5.96 Å². The summed E-state index contributed by atoms with van der Waals surface area (Å²) in [6.07, 6.45) is 0. The molecule has 2 aliphatic rings. The summed E-state index contributed by atoms with van der Waals surface area (Å²) >= 11 is 0. The average Bonchev–Trinajstić information content (AvgIpc) is 3.24. The molecule has 7 nitrogen and oxygen atoms in total. The molecule has 2 saturated heterocycles. The summed E-state index contributed by atoms with van der Waals surface area (Å²) in [5.41, 5.74) is 1.06. The van der Waals surface area contributed by atoms with Gasteiger partial charge in [0, 0.05) is 58.5 Å². The van der Waals surface area contributed by atoms with Gasteiger partial charge in [-0.25, -0.2) is 4.39 Å². The lowest BCUT2D eigenvalue weighted by atomic mass is 10.1. The number of guanidine groups is 1. The van der Waals surface area contributed by atoms with Gasteiger partial charge in [0.1, 0.15) is 17.3 Å². The molecule has 0 aliphatic carbocycles. The Balaban J connectivity index is 0.00000289. The number of nitrogens with zero attached hydrogens (tertiary/aromatic N) is 4. The normalized spacial score (nSPS) is 18.9. The van der Waals surface area contributed by atoms with Crippen LogP contribution in [0, 0.1) is 12.7 Å². The zero-order valence-electron chi connectivity index (χ0n) is 18.8. The standard InChI is InChI=1S/C23H32FN5O2.HI/c1-18-3-8-22(31-18)21(28-13-15-30-16-14-28)17-26-23(25-2)29-11-9-27(10-12-29)20-6-4-19(24)5-7-20;/h3-8,21H,9-17H2,1-2H3,(H,25,26);1H. The van der Waals surface area contributed by atoms with Gasteiger partial charge in [-0.2, -0.15) is 0 Å². The Morgan fingerprint density at radius 1 is 1.03 bits per heavy atom. The highest BCUT2D eigenvalue weighted by Gasteiger charge is 2.27. The largest absolute Gasteiger partial charge is 0.465 e. The molecule has 1 unspecified atom stereocenters. The Labute approximate surface area is 206 Å². The number of nitrogens with one attached hydrogen (secondary N) is 1. The minimum Gasteiger partial charge on any atom is -0.465 e. The molecule has 1 aromatic heterocycles. The van der Waals surface area contributed by atoms with E-state index in [1.54, 1.807) is 0 Å². The summed E-state index contributed by atoms with van der Waals surface area (Å²) in [7, 11) is 1.83. The van der Waals surface area contributed by atoms with E-state index >= 15 is 0 Å². The predicted octanol–water partition coefficient (Wildman–Crippen LogP) is 3.12. The van der Waals surface area contributed by atoms with Crippen LogP contribution in [0.1, 0.15) is 17.6 Å². The van der Waals surface area contributed by atoms with Crippen LogP contribution in [0.4, 0.5) is 10.1 Å². The molecule has 3 heterocycles. The first kappa shape index (κ1) is 24.8. The van der Waals surface area contributed by atoms with Crippen LogP contribution in [-0.4, -0.2) is 81.8 Å². The number of rotatable bonds is 5. The average molecular weight is 557 g/mol. The summed E-state index contributed by atoms with van der Waals surface area (Å²) in [5, 5.41) is 3.57. The second-order valence-electron chi connectivity index (χ2n) is 7.99. The molecule has 0 radical (unpaired) electrons. The maximum atomic E-state index is 13.2. The van der Waals surface area contributed by atoms with Crippen LogP contribution in [0.2, 0.25) is 0 Å². The van der Waals surface area contributed by atoms with E-state index < -0.39 is 0 Å². The molecular formula is C23H33FIN5O2. The topological polar surface area (TPSA) is 56.5 Å². The molecule has 1 N–H and O–H groups in total. The van der Waals surface area contributed by atoms with E-state index in [4.69, 9.17) is 9.15 Å². The molecule has 1 aromatic carbocycles. The minimum atomic E-state index is -0.200. The summed E-state index contributed by atoms with van der Waals surface area (Å²) in [5.74, 6) is 2.60. The number of hydrogen-bond donors (Lipinski definition) is 1. The van der Waals surface area contributed by atoms with Crippen molar-refractivity contribution < 1.29 is 13.5 Å². The van der Waals surface area contributed by atoms with E-state index in [0.717, 1.165) is 82.2 Å². The number of aryl methyl sites for hydroxylation is 1. The van der Waals surface area contributed by atoms with E-state index in [1.165, 1.54) is 12.1 Å². The van der Waals surface area contributed by atoms with E-state index in [1.807, 2.05) is 32.2 Å². The summed E-state index contributed by atoms with van der Waals surface area (Å²) in [4.78, 5) is 11.5. The Morgan fingerprint density at radius 3 is 2.31 bits per heavy atom. The highest BCUT2D eigenvalue weighted by Crippen LogP contribution is 2.23. The fourth-order valence-corrected chi connectivity index (χ4v) is 4.28. The smallest absolute Gasteiger partial charge is 0.193 e. The number of hydrogen-bond acceptors (Lipinski definition) is 5. The van der Waals surface area contributed by atoms with Crippen LogP contribution in [-0.2, 0) is 4.74 Å². The van der Waals surface area contributed by atoms with Gasteiger partial charge in [-0.3, -0.25) is 9.89 Å². The molecule has 0 bridgehead atoms. The molecule has 4 rings (SSSR count). The van der Waals surface area contributed by atoms with Gasteiger partial charge in [0.25, 0.3) is 0 Å². The predicted molar refractivity (Wildman–Crippen MR) is 136 cm³/mol. The Bertz CT molecular complexity index is 862. The number of piperazine rings is 1. The van der Waals surface area contributed by atoms with Crippen molar-refractivity contribution in [2.45, 2.75) is 13.0 Å². The molecule has 0 amide bonds. The van der Waals surface area contributed by atoms with Gasteiger partial charge in [0.05, 0.1) is 19.3 Å². The fourth-order valence-electron chi connectivity index (χ4n) is 4.28. The van der Waals surface area contributed by atoms with E-state index in [0.29, 0.717) is 0 Å². The van der Waals surface area contributed by atoms with Crippen molar-refractivity contribution in [3.63, 3.8) is 0 Å². The van der Waals surface area contributed by atoms with Gasteiger partial charge < -0.3 is 24.3 Å². The summed E-state index contributed by atoms with van der Waals surface area (Å²) in [6, 6.07) is 10.9. The first-order valence-corrected chi connectivity index (χ1v) is 11.0. The van der Waals surface area contributed by atoms with Crippen molar-refractivity contribution in [3.8, 4) is 0 Å². The highest BCUT2D eigenvalue weighted by atomic mass is 127. The van der Waals surface area contributed by atoms with E-state index in [2.05, 4.69) is 31.1 Å². The molecule has 176 valence electrons. The van der Waals surface area contributed by atoms with Crippen LogP contribution >= 0.6 is 24.0 Å². The number of ether oxygens (including phenoxy) is 1. The molecule has 32 heavy (non-hydrogen) atoms. The van der Waals surface area contributed by atoms with Gasteiger partial charge in [-0.15, -0.1) is 24.0 Å². The van der Waals surface area contributed by atoms with Crippen molar-refractivity contribution in [1.82, 2.24) is 15.1 Å². The lowest BCUT2D eigenvalue weighted by molar-refractivity contribution is 0.0123. The van der Waals surface area contributed by atoms with Crippen LogP contribution in [0.3, 0.4) is 0 Å². The third-order valence-corrected chi connectivity index (χ3v) is 6.01. The number of aliphatic imine (C=N–C) groups is 1. The molecule has 0 spiro atoms. The van der Waals surface area contributed by atoms with Gasteiger partial charge in [-0.05, 0) is 43.3 Å². The third-order valence-electron chi connectivity index (χ3n) is 6.01. The third kappa shape index (κ3) is 6.14. The SMILES string of the molecule is CN=C(NCC(c1ccc(C)o1)N1CCOCC1)N1CCN(c2ccc(F)cc2)CC1.I. The lowest BCUT2D eigenvalue weighted by Crippen LogP contribution is -2.54. The second-order valence-corrected chi connectivity index (χ2v) is 7.99. The Hall–Kier alpha value is -1.85. The minimum absolute atomic E-state index is 0. The molecule has 2 aromatic rings. The van der Waals surface area contributed by atoms with Gasteiger partial charge in [-0.1, -0.05) is 0 Å². The molecule has 2 aliphatic heterocycles. The number of furan rings is 1. The quantitative estimate of drug-likeness (QED) is 0.347. The van der Waals surface area contributed by atoms with Crippen LogP contribution in [0.5, 0.6) is 0 Å². The zero-order valence-corrected chi connectivity index (χ0v) is 21.1. The van der Waals surface area contributed by atoms with Crippen LogP contribution in [0.25, 0.3) is 0 Å².